The Morgan fingerprint density at radius 2 is 2.05 bits per heavy atom. The van der Waals surface area contributed by atoms with Gasteiger partial charge in [-0.2, -0.15) is 0 Å². The van der Waals surface area contributed by atoms with Crippen molar-refractivity contribution in [2.75, 3.05) is 6.61 Å². The van der Waals surface area contributed by atoms with Gasteiger partial charge in [-0.15, -0.1) is 0 Å². The summed E-state index contributed by atoms with van der Waals surface area (Å²) in [6, 6.07) is 5.92. The highest BCUT2D eigenvalue weighted by Crippen LogP contribution is 2.18. The van der Waals surface area contributed by atoms with Gasteiger partial charge in [0.05, 0.1) is 11.7 Å². The molecule has 0 heterocycles. The molecule has 0 aromatic heterocycles. The SMILES string of the molecule is O=C(O)c1ccc(OCC(O)C2=CC=CCC2O)cc1. The van der Waals surface area contributed by atoms with Crippen LogP contribution in [0.3, 0.4) is 0 Å². The molecule has 5 heteroatoms. The highest BCUT2D eigenvalue weighted by Gasteiger charge is 2.20. The summed E-state index contributed by atoms with van der Waals surface area (Å²) in [5.74, 6) is -0.533. The van der Waals surface area contributed by atoms with Gasteiger partial charge < -0.3 is 20.1 Å². The Hall–Kier alpha value is -2.11. The fourth-order valence-electron chi connectivity index (χ4n) is 1.93. The molecule has 2 rings (SSSR count). The van der Waals surface area contributed by atoms with Crippen LogP contribution in [0, 0.1) is 0 Å². The molecular weight excluding hydrogens is 260 g/mol. The molecule has 0 saturated heterocycles. The molecule has 0 radical (unpaired) electrons. The van der Waals surface area contributed by atoms with Gasteiger partial charge in [0.2, 0.25) is 0 Å². The molecule has 1 aliphatic carbocycles. The Morgan fingerprint density at radius 1 is 1.35 bits per heavy atom. The van der Waals surface area contributed by atoms with E-state index in [1.165, 1.54) is 24.3 Å². The van der Waals surface area contributed by atoms with E-state index in [9.17, 15) is 15.0 Å². The number of aromatic carboxylic acids is 1. The predicted molar refractivity (Wildman–Crippen MR) is 72.7 cm³/mol. The third-order valence-electron chi connectivity index (χ3n) is 3.06. The molecule has 1 aromatic carbocycles. The number of hydrogen-bond donors (Lipinski definition) is 3. The second kappa shape index (κ2) is 6.36. The Morgan fingerprint density at radius 3 is 2.65 bits per heavy atom. The molecule has 106 valence electrons. The van der Waals surface area contributed by atoms with Gasteiger partial charge in [-0.3, -0.25) is 0 Å². The monoisotopic (exact) mass is 276 g/mol. The van der Waals surface area contributed by atoms with Crippen molar-refractivity contribution in [2.45, 2.75) is 18.6 Å². The molecule has 20 heavy (non-hydrogen) atoms. The van der Waals surface area contributed by atoms with E-state index in [1.807, 2.05) is 6.08 Å². The molecule has 2 atom stereocenters. The van der Waals surface area contributed by atoms with E-state index in [0.29, 0.717) is 17.7 Å². The number of carboxylic acid groups (broad SMARTS) is 1. The summed E-state index contributed by atoms with van der Waals surface area (Å²) in [7, 11) is 0. The van der Waals surface area contributed by atoms with Crippen LogP contribution in [0.4, 0.5) is 0 Å². The van der Waals surface area contributed by atoms with E-state index in [2.05, 4.69) is 0 Å². The van der Waals surface area contributed by atoms with Crippen LogP contribution in [0.5, 0.6) is 5.75 Å². The lowest BCUT2D eigenvalue weighted by atomic mass is 9.97. The maximum atomic E-state index is 10.7. The number of allylic oxidation sites excluding steroid dienone is 2. The summed E-state index contributed by atoms with van der Waals surface area (Å²) < 4.78 is 5.39. The Balaban J connectivity index is 1.93. The average Bonchev–Trinajstić information content (AvgIpc) is 2.45. The lowest BCUT2D eigenvalue weighted by molar-refractivity contribution is 0.0696. The summed E-state index contributed by atoms with van der Waals surface area (Å²) >= 11 is 0. The van der Waals surface area contributed by atoms with Crippen molar-refractivity contribution in [2.24, 2.45) is 0 Å². The normalized spacial score (nSPS) is 19.3. The van der Waals surface area contributed by atoms with Gasteiger partial charge in [0.15, 0.2) is 0 Å². The van der Waals surface area contributed by atoms with Gasteiger partial charge >= 0.3 is 5.97 Å². The smallest absolute Gasteiger partial charge is 0.335 e. The molecule has 2 unspecified atom stereocenters. The summed E-state index contributed by atoms with van der Waals surface area (Å²) in [5.41, 5.74) is 0.697. The van der Waals surface area contributed by atoms with Crippen molar-refractivity contribution in [1.82, 2.24) is 0 Å². The van der Waals surface area contributed by atoms with Crippen LogP contribution < -0.4 is 4.74 Å². The van der Waals surface area contributed by atoms with Gasteiger partial charge in [0, 0.05) is 0 Å². The molecule has 5 nitrogen and oxygen atoms in total. The zero-order valence-electron chi connectivity index (χ0n) is 10.8. The van der Waals surface area contributed by atoms with Crippen LogP contribution in [0.1, 0.15) is 16.8 Å². The van der Waals surface area contributed by atoms with Gasteiger partial charge in [-0.05, 0) is 36.3 Å². The first-order chi connectivity index (χ1) is 9.58. The third kappa shape index (κ3) is 3.46. The molecule has 0 amide bonds. The standard InChI is InChI=1S/C15H16O5/c16-13-4-2-1-3-12(13)14(17)9-20-11-7-5-10(6-8-11)15(18)19/h1-3,5-8,13-14,16-17H,4,9H2,(H,18,19). The number of carbonyl (C=O) groups is 1. The molecule has 0 spiro atoms. The zero-order chi connectivity index (χ0) is 14.5. The van der Waals surface area contributed by atoms with E-state index in [4.69, 9.17) is 9.84 Å². The molecule has 0 saturated carbocycles. The summed E-state index contributed by atoms with van der Waals surface area (Å²) in [5, 5.41) is 28.5. The average molecular weight is 276 g/mol. The first kappa shape index (κ1) is 14.3. The first-order valence-corrected chi connectivity index (χ1v) is 6.27. The number of hydrogen-bond acceptors (Lipinski definition) is 4. The molecule has 0 aliphatic heterocycles. The van der Waals surface area contributed by atoms with Gasteiger partial charge in [0.1, 0.15) is 18.5 Å². The highest BCUT2D eigenvalue weighted by molar-refractivity contribution is 5.87. The zero-order valence-corrected chi connectivity index (χ0v) is 10.8. The number of ether oxygens (including phenoxy) is 1. The summed E-state index contributed by atoms with van der Waals surface area (Å²) in [6.45, 7) is 0.00313. The fraction of sp³-hybridized carbons (Fsp3) is 0.267. The Kier molecular flexibility index (Phi) is 4.55. The van der Waals surface area contributed by atoms with Crippen LogP contribution in [0.2, 0.25) is 0 Å². The minimum absolute atomic E-state index is 0.00313. The number of benzene rings is 1. The van der Waals surface area contributed by atoms with Crippen molar-refractivity contribution in [3.8, 4) is 5.75 Å². The van der Waals surface area contributed by atoms with E-state index < -0.39 is 18.2 Å². The lowest BCUT2D eigenvalue weighted by Crippen LogP contribution is -2.28. The molecule has 3 N–H and O–H groups in total. The minimum Gasteiger partial charge on any atom is -0.491 e. The van der Waals surface area contributed by atoms with Crippen molar-refractivity contribution in [3.05, 3.63) is 53.6 Å². The van der Waals surface area contributed by atoms with Crippen LogP contribution in [-0.4, -0.2) is 40.1 Å². The number of rotatable bonds is 5. The van der Waals surface area contributed by atoms with Crippen LogP contribution in [-0.2, 0) is 0 Å². The lowest BCUT2D eigenvalue weighted by Gasteiger charge is -2.21. The van der Waals surface area contributed by atoms with Crippen molar-refractivity contribution in [1.29, 1.82) is 0 Å². The Bertz CT molecular complexity index is 530. The summed E-state index contributed by atoms with van der Waals surface area (Å²) in [4.78, 5) is 10.7. The molecule has 1 aromatic rings. The van der Waals surface area contributed by atoms with Crippen molar-refractivity contribution < 1.29 is 24.9 Å². The first-order valence-electron chi connectivity index (χ1n) is 6.27. The van der Waals surface area contributed by atoms with Gasteiger partial charge in [0.25, 0.3) is 0 Å². The Labute approximate surface area is 116 Å². The predicted octanol–water partition coefficient (Wildman–Crippen LogP) is 1.37. The van der Waals surface area contributed by atoms with Gasteiger partial charge in [-0.25, -0.2) is 4.79 Å². The number of aliphatic hydroxyl groups excluding tert-OH is 2. The van der Waals surface area contributed by atoms with E-state index in [0.717, 1.165) is 0 Å². The van der Waals surface area contributed by atoms with Crippen molar-refractivity contribution >= 4 is 5.97 Å². The van der Waals surface area contributed by atoms with E-state index in [1.54, 1.807) is 12.2 Å². The van der Waals surface area contributed by atoms with Crippen molar-refractivity contribution in [3.63, 3.8) is 0 Å². The van der Waals surface area contributed by atoms with E-state index in [-0.39, 0.29) is 12.2 Å². The second-order valence-electron chi connectivity index (χ2n) is 4.50. The quantitative estimate of drug-likeness (QED) is 0.756. The highest BCUT2D eigenvalue weighted by atomic mass is 16.5. The topological polar surface area (TPSA) is 87.0 Å². The second-order valence-corrected chi connectivity index (χ2v) is 4.50. The van der Waals surface area contributed by atoms with Crippen LogP contribution in [0.25, 0.3) is 0 Å². The van der Waals surface area contributed by atoms with E-state index >= 15 is 0 Å². The largest absolute Gasteiger partial charge is 0.491 e. The number of carboxylic acids is 1. The maximum Gasteiger partial charge on any atom is 0.335 e. The minimum atomic E-state index is -1.00. The molecule has 1 aliphatic rings. The van der Waals surface area contributed by atoms with Crippen LogP contribution >= 0.6 is 0 Å². The molecular formula is C15H16O5. The summed E-state index contributed by atoms with van der Waals surface area (Å²) in [6.07, 6.45) is 4.19. The number of aliphatic hydroxyl groups is 2. The fourth-order valence-corrected chi connectivity index (χ4v) is 1.93. The maximum absolute atomic E-state index is 10.7. The molecule has 0 fully saturated rings. The van der Waals surface area contributed by atoms with Crippen LogP contribution in [0.15, 0.2) is 48.1 Å². The molecule has 0 bridgehead atoms. The third-order valence-corrected chi connectivity index (χ3v) is 3.06. The van der Waals surface area contributed by atoms with Gasteiger partial charge in [-0.1, -0.05) is 18.2 Å².